The number of fused-ring (bicyclic) bond motifs is 1. The second-order valence-electron chi connectivity index (χ2n) is 7.38. The molecule has 0 spiro atoms. The van der Waals surface area contributed by atoms with E-state index in [-0.39, 0.29) is 11.5 Å². The first-order chi connectivity index (χ1) is 13.8. The number of rotatable bonds is 5. The van der Waals surface area contributed by atoms with E-state index in [1.54, 1.807) is 12.1 Å². The molecule has 5 heteroatoms. The van der Waals surface area contributed by atoms with Gasteiger partial charge in [0, 0.05) is 5.39 Å². The Morgan fingerprint density at radius 3 is 2.00 bits per heavy atom. The minimum Gasteiger partial charge on any atom is -0.487 e. The van der Waals surface area contributed by atoms with E-state index < -0.39 is 10.0 Å². The molecule has 0 amide bonds. The van der Waals surface area contributed by atoms with Crippen molar-refractivity contribution in [3.05, 3.63) is 95.2 Å². The Kier molecular flexibility index (Phi) is 4.92. The second kappa shape index (κ2) is 7.41. The average molecular weight is 406 g/mol. The van der Waals surface area contributed by atoms with Gasteiger partial charge in [0.25, 0.3) is 10.0 Å². The molecule has 1 aromatic heterocycles. The first-order valence-electron chi connectivity index (χ1n) is 9.47. The van der Waals surface area contributed by atoms with Gasteiger partial charge in [0.15, 0.2) is 0 Å². The summed E-state index contributed by atoms with van der Waals surface area (Å²) in [7, 11) is -3.76. The lowest BCUT2D eigenvalue weighted by molar-refractivity contribution is 0.300. The Morgan fingerprint density at radius 2 is 1.34 bits per heavy atom. The van der Waals surface area contributed by atoms with Gasteiger partial charge < -0.3 is 4.74 Å². The van der Waals surface area contributed by atoms with Crippen LogP contribution in [0.15, 0.2) is 77.7 Å². The van der Waals surface area contributed by atoms with Crippen LogP contribution in [0.2, 0.25) is 0 Å². The van der Waals surface area contributed by atoms with Crippen LogP contribution in [0.1, 0.15) is 22.4 Å². The molecule has 0 atom stereocenters. The number of aryl methyl sites for hydroxylation is 3. The normalized spacial score (nSPS) is 11.7. The third-order valence-corrected chi connectivity index (χ3v) is 6.73. The predicted molar refractivity (Wildman–Crippen MR) is 116 cm³/mol. The lowest BCUT2D eigenvalue weighted by Crippen LogP contribution is -2.17. The summed E-state index contributed by atoms with van der Waals surface area (Å²) in [6.45, 7) is 6.10. The molecule has 4 nitrogen and oxygen atoms in total. The van der Waals surface area contributed by atoms with Crippen LogP contribution in [0.5, 0.6) is 5.75 Å². The Bertz CT molecular complexity index is 1270. The van der Waals surface area contributed by atoms with Crippen LogP contribution in [0.4, 0.5) is 0 Å². The van der Waals surface area contributed by atoms with Gasteiger partial charge in [-0.15, -0.1) is 0 Å². The van der Waals surface area contributed by atoms with Crippen LogP contribution in [-0.4, -0.2) is 12.4 Å². The number of hydrogen-bond acceptors (Lipinski definition) is 3. The summed E-state index contributed by atoms with van der Waals surface area (Å²) in [6.07, 6.45) is 0. The zero-order valence-electron chi connectivity index (χ0n) is 16.7. The molecular weight excluding hydrogens is 382 g/mol. The van der Waals surface area contributed by atoms with E-state index in [1.165, 1.54) is 3.97 Å². The molecule has 0 aliphatic rings. The third-order valence-electron chi connectivity index (χ3n) is 4.95. The van der Waals surface area contributed by atoms with E-state index in [4.69, 9.17) is 4.74 Å². The summed E-state index contributed by atoms with van der Waals surface area (Å²) in [5.74, 6) is 0.705. The van der Waals surface area contributed by atoms with Crippen molar-refractivity contribution in [3.8, 4) is 5.75 Å². The molecule has 0 N–H and O–H groups in total. The maximum Gasteiger partial charge on any atom is 0.268 e. The molecule has 1 heterocycles. The highest BCUT2D eigenvalue weighted by Gasteiger charge is 2.23. The van der Waals surface area contributed by atoms with Crippen LogP contribution in [-0.2, 0) is 16.6 Å². The monoisotopic (exact) mass is 405 g/mol. The molecule has 0 unspecified atom stereocenters. The van der Waals surface area contributed by atoms with Gasteiger partial charge in [-0.05, 0) is 63.2 Å². The van der Waals surface area contributed by atoms with Crippen LogP contribution in [0, 0.1) is 20.8 Å². The molecule has 0 saturated carbocycles. The fourth-order valence-electron chi connectivity index (χ4n) is 3.36. The zero-order chi connectivity index (χ0) is 20.6. The summed E-state index contributed by atoms with van der Waals surface area (Å²) in [6, 6.07) is 22.3. The molecular formula is C24H23NO3S. The van der Waals surface area contributed by atoms with Crippen molar-refractivity contribution in [2.75, 3.05) is 0 Å². The fourth-order valence-corrected chi connectivity index (χ4v) is 4.89. The second-order valence-corrected chi connectivity index (χ2v) is 9.17. The smallest absolute Gasteiger partial charge is 0.268 e. The van der Waals surface area contributed by atoms with Gasteiger partial charge >= 0.3 is 0 Å². The summed E-state index contributed by atoms with van der Waals surface area (Å²) in [5.41, 5.74) is 4.47. The van der Waals surface area contributed by atoms with Crippen molar-refractivity contribution in [3.63, 3.8) is 0 Å². The van der Waals surface area contributed by atoms with E-state index >= 15 is 0 Å². The van der Waals surface area contributed by atoms with Gasteiger partial charge in [-0.1, -0.05) is 47.0 Å². The number of ether oxygens (including phenoxy) is 1. The van der Waals surface area contributed by atoms with Gasteiger partial charge in [0.1, 0.15) is 12.4 Å². The van der Waals surface area contributed by atoms with E-state index in [9.17, 15) is 8.42 Å². The fraction of sp³-hybridized carbons (Fsp3) is 0.167. The van der Waals surface area contributed by atoms with Gasteiger partial charge in [0.05, 0.1) is 16.1 Å². The Hall–Kier alpha value is -3.05. The Balaban J connectivity index is 1.81. The third kappa shape index (κ3) is 3.78. The highest BCUT2D eigenvalue weighted by Crippen LogP contribution is 2.28. The van der Waals surface area contributed by atoms with E-state index in [0.29, 0.717) is 17.0 Å². The van der Waals surface area contributed by atoms with Crippen LogP contribution in [0.25, 0.3) is 10.9 Å². The lowest BCUT2D eigenvalue weighted by Gasteiger charge is -2.13. The summed E-state index contributed by atoms with van der Waals surface area (Å²) in [5, 5.41) is 0.878. The van der Waals surface area contributed by atoms with Crippen LogP contribution in [0.3, 0.4) is 0 Å². The van der Waals surface area contributed by atoms with Gasteiger partial charge in [-0.25, -0.2) is 12.4 Å². The minimum absolute atomic E-state index is 0.155. The van der Waals surface area contributed by atoms with Gasteiger partial charge in [-0.3, -0.25) is 0 Å². The maximum atomic E-state index is 13.5. The van der Waals surface area contributed by atoms with Crippen molar-refractivity contribution in [2.24, 2.45) is 0 Å². The predicted octanol–water partition coefficient (Wildman–Crippen LogP) is 5.38. The zero-order valence-corrected chi connectivity index (χ0v) is 17.5. The molecule has 0 bridgehead atoms. The highest BCUT2D eigenvalue weighted by molar-refractivity contribution is 7.90. The SMILES string of the molecule is Cc1ccc(OCc2cc3cc(C)ccc3n2S(=O)(=O)c2ccc(C)cc2)cc1. The molecule has 4 rings (SSSR count). The van der Waals surface area contributed by atoms with Gasteiger partial charge in [0.2, 0.25) is 0 Å². The van der Waals surface area contributed by atoms with Crippen molar-refractivity contribution in [1.82, 2.24) is 3.97 Å². The van der Waals surface area contributed by atoms with Crippen molar-refractivity contribution < 1.29 is 13.2 Å². The number of hydrogen-bond donors (Lipinski definition) is 0. The van der Waals surface area contributed by atoms with E-state index in [2.05, 4.69) is 0 Å². The molecule has 0 fully saturated rings. The summed E-state index contributed by atoms with van der Waals surface area (Å²) in [4.78, 5) is 0.262. The first-order valence-corrected chi connectivity index (χ1v) is 10.9. The van der Waals surface area contributed by atoms with Crippen LogP contribution < -0.4 is 4.74 Å². The molecule has 0 radical (unpaired) electrons. The number of nitrogens with zero attached hydrogens (tertiary/aromatic N) is 1. The van der Waals surface area contributed by atoms with E-state index in [1.807, 2.05) is 81.4 Å². The van der Waals surface area contributed by atoms with Crippen LogP contribution >= 0.6 is 0 Å². The molecule has 3 aromatic carbocycles. The average Bonchev–Trinajstić information content (AvgIpc) is 3.06. The molecule has 0 aliphatic carbocycles. The largest absolute Gasteiger partial charge is 0.487 e. The first kappa shape index (κ1) is 19.3. The lowest BCUT2D eigenvalue weighted by atomic mass is 10.2. The van der Waals surface area contributed by atoms with Crippen molar-refractivity contribution in [1.29, 1.82) is 0 Å². The molecule has 0 saturated heterocycles. The van der Waals surface area contributed by atoms with Crippen molar-refractivity contribution in [2.45, 2.75) is 32.3 Å². The topological polar surface area (TPSA) is 48.3 Å². The summed E-state index contributed by atoms with van der Waals surface area (Å²) < 4.78 is 34.3. The quantitative estimate of drug-likeness (QED) is 0.448. The Labute approximate surface area is 171 Å². The molecule has 148 valence electrons. The Morgan fingerprint density at radius 1 is 0.759 bits per heavy atom. The number of benzene rings is 3. The molecule has 4 aromatic rings. The van der Waals surface area contributed by atoms with Gasteiger partial charge in [-0.2, -0.15) is 0 Å². The molecule has 29 heavy (non-hydrogen) atoms. The number of aromatic nitrogens is 1. The van der Waals surface area contributed by atoms with Crippen molar-refractivity contribution >= 4 is 20.9 Å². The van der Waals surface area contributed by atoms with E-state index in [0.717, 1.165) is 22.1 Å². The maximum absolute atomic E-state index is 13.5. The standard InChI is InChI=1S/C24H23NO3S/c1-17-4-9-22(10-5-17)28-16-21-15-20-14-19(3)8-13-24(20)25(21)29(26,27)23-11-6-18(2)7-12-23/h4-15H,16H2,1-3H3. The molecule has 0 aliphatic heterocycles. The minimum atomic E-state index is -3.76. The highest BCUT2D eigenvalue weighted by atomic mass is 32.2. The summed E-state index contributed by atoms with van der Waals surface area (Å²) >= 11 is 0.